The van der Waals surface area contributed by atoms with Crippen LogP contribution in [0.1, 0.15) is 34.0 Å². The monoisotopic (exact) mass is 490 g/mol. The first-order valence-electron chi connectivity index (χ1n) is 9.70. The molecule has 9 heteroatoms. The normalized spacial score (nSPS) is 15.3. The number of benzene rings is 1. The first kappa shape index (κ1) is 21.0. The number of hydrogen-bond donors (Lipinski definition) is 1. The van der Waals surface area contributed by atoms with Crippen LogP contribution in [0.2, 0.25) is 0 Å². The van der Waals surface area contributed by atoms with E-state index in [4.69, 9.17) is 9.47 Å². The number of carbonyl (C=O) groups is 1. The van der Waals surface area contributed by atoms with E-state index in [2.05, 4.69) is 49.6 Å². The van der Waals surface area contributed by atoms with Gasteiger partial charge in [0.1, 0.15) is 17.4 Å². The number of amides is 1. The standard InChI is InChI=1S/C21H23BrN4O3S/c1-12(19-8-14(22)11-30-19)23-20-15-10-18(28-3)16(9-17(15)24-13(2)25-20)21(27)26-4-6-29-7-5-26/h8-12H,4-7H2,1-3H3,(H,23,24,25). The van der Waals surface area contributed by atoms with Gasteiger partial charge in [0.25, 0.3) is 5.91 Å². The van der Waals surface area contributed by atoms with Crippen molar-refractivity contribution in [2.75, 3.05) is 38.7 Å². The van der Waals surface area contributed by atoms with Crippen LogP contribution < -0.4 is 10.1 Å². The number of halogens is 1. The van der Waals surface area contributed by atoms with Crippen molar-refractivity contribution in [1.29, 1.82) is 0 Å². The van der Waals surface area contributed by atoms with Crippen molar-refractivity contribution in [2.24, 2.45) is 0 Å². The van der Waals surface area contributed by atoms with Gasteiger partial charge in [0.2, 0.25) is 0 Å². The number of rotatable bonds is 5. The Labute approximate surface area is 187 Å². The molecule has 1 fully saturated rings. The van der Waals surface area contributed by atoms with Gasteiger partial charge in [-0.05, 0) is 48.0 Å². The number of thiophene rings is 1. The highest BCUT2D eigenvalue weighted by atomic mass is 79.9. The second-order valence-electron chi connectivity index (χ2n) is 7.13. The van der Waals surface area contributed by atoms with Crippen LogP contribution in [0.15, 0.2) is 28.1 Å². The zero-order chi connectivity index (χ0) is 21.3. The summed E-state index contributed by atoms with van der Waals surface area (Å²) in [6.45, 7) is 6.19. The Hall–Kier alpha value is -2.23. The molecular formula is C21H23BrN4O3S. The fraction of sp³-hybridized carbons (Fsp3) is 0.381. The molecule has 0 bridgehead atoms. The molecule has 0 saturated carbocycles. The third-order valence-corrected chi connectivity index (χ3v) is 6.90. The summed E-state index contributed by atoms with van der Waals surface area (Å²) in [5.74, 6) is 1.80. The summed E-state index contributed by atoms with van der Waals surface area (Å²) in [6, 6.07) is 5.82. The van der Waals surface area contributed by atoms with Crippen LogP contribution in [0.3, 0.4) is 0 Å². The molecule has 1 amide bonds. The zero-order valence-electron chi connectivity index (χ0n) is 17.1. The summed E-state index contributed by atoms with van der Waals surface area (Å²) >= 11 is 5.19. The van der Waals surface area contributed by atoms with E-state index in [9.17, 15) is 4.79 Å². The number of hydrogen-bond acceptors (Lipinski definition) is 7. The topological polar surface area (TPSA) is 76.6 Å². The lowest BCUT2D eigenvalue weighted by atomic mass is 10.1. The fourth-order valence-electron chi connectivity index (χ4n) is 3.49. The maximum Gasteiger partial charge on any atom is 0.257 e. The van der Waals surface area contributed by atoms with E-state index < -0.39 is 0 Å². The third kappa shape index (κ3) is 4.28. The molecule has 1 saturated heterocycles. The molecule has 0 radical (unpaired) electrons. The Morgan fingerprint density at radius 2 is 2.07 bits per heavy atom. The lowest BCUT2D eigenvalue weighted by Gasteiger charge is -2.27. The van der Waals surface area contributed by atoms with Crippen molar-refractivity contribution >= 4 is 49.9 Å². The molecule has 4 rings (SSSR count). The molecular weight excluding hydrogens is 468 g/mol. The van der Waals surface area contributed by atoms with Gasteiger partial charge in [-0.15, -0.1) is 11.3 Å². The van der Waals surface area contributed by atoms with Gasteiger partial charge in [-0.25, -0.2) is 9.97 Å². The number of nitrogens with one attached hydrogen (secondary N) is 1. The molecule has 2 aromatic heterocycles. The molecule has 1 aliphatic heterocycles. The van der Waals surface area contributed by atoms with Crippen molar-refractivity contribution in [1.82, 2.24) is 14.9 Å². The Bertz CT molecular complexity index is 1080. The van der Waals surface area contributed by atoms with Gasteiger partial charge in [-0.1, -0.05) is 0 Å². The molecule has 1 N–H and O–H groups in total. The largest absolute Gasteiger partial charge is 0.496 e. The number of carbonyl (C=O) groups excluding carboxylic acids is 1. The maximum atomic E-state index is 13.1. The molecule has 30 heavy (non-hydrogen) atoms. The number of aromatic nitrogens is 2. The average molecular weight is 491 g/mol. The number of fused-ring (bicyclic) bond motifs is 1. The highest BCUT2D eigenvalue weighted by molar-refractivity contribution is 9.10. The first-order valence-corrected chi connectivity index (χ1v) is 11.4. The Balaban J connectivity index is 1.73. The highest BCUT2D eigenvalue weighted by Gasteiger charge is 2.23. The van der Waals surface area contributed by atoms with Crippen LogP contribution in [0, 0.1) is 6.92 Å². The molecule has 3 aromatic rings. The van der Waals surface area contributed by atoms with Crippen molar-refractivity contribution in [2.45, 2.75) is 19.9 Å². The van der Waals surface area contributed by atoms with E-state index in [0.29, 0.717) is 49.0 Å². The summed E-state index contributed by atoms with van der Waals surface area (Å²) in [7, 11) is 1.57. The van der Waals surface area contributed by atoms with Gasteiger partial charge < -0.3 is 19.7 Å². The van der Waals surface area contributed by atoms with Gasteiger partial charge in [-0.2, -0.15) is 0 Å². The lowest BCUT2D eigenvalue weighted by molar-refractivity contribution is 0.0301. The van der Waals surface area contributed by atoms with Gasteiger partial charge in [-0.3, -0.25) is 4.79 Å². The van der Waals surface area contributed by atoms with Crippen molar-refractivity contribution in [3.05, 3.63) is 44.3 Å². The minimum Gasteiger partial charge on any atom is -0.496 e. The lowest BCUT2D eigenvalue weighted by Crippen LogP contribution is -2.40. The predicted octanol–water partition coefficient (Wildman–Crippen LogP) is 4.42. The summed E-state index contributed by atoms with van der Waals surface area (Å²) in [5.41, 5.74) is 1.22. The summed E-state index contributed by atoms with van der Waals surface area (Å²) in [5, 5.41) is 6.37. The van der Waals surface area contributed by atoms with Crippen LogP contribution >= 0.6 is 27.3 Å². The molecule has 1 aliphatic rings. The summed E-state index contributed by atoms with van der Waals surface area (Å²) in [4.78, 5) is 25.3. The van der Waals surface area contributed by atoms with Crippen LogP contribution in [0.25, 0.3) is 10.9 Å². The Morgan fingerprint density at radius 3 is 2.73 bits per heavy atom. The van der Waals surface area contributed by atoms with Gasteiger partial charge in [0.05, 0.1) is 37.4 Å². The molecule has 1 atom stereocenters. The smallest absolute Gasteiger partial charge is 0.257 e. The van der Waals surface area contributed by atoms with E-state index in [1.165, 1.54) is 4.88 Å². The SMILES string of the molecule is COc1cc2c(NC(C)c3cc(Br)cs3)nc(C)nc2cc1C(=O)N1CCOCC1. The molecule has 1 aromatic carbocycles. The van der Waals surface area contributed by atoms with E-state index in [0.717, 1.165) is 15.7 Å². The highest BCUT2D eigenvalue weighted by Crippen LogP contribution is 2.33. The third-order valence-electron chi connectivity index (χ3n) is 5.03. The fourth-order valence-corrected chi connectivity index (χ4v) is 4.94. The molecule has 158 valence electrons. The molecule has 1 unspecified atom stereocenters. The van der Waals surface area contributed by atoms with E-state index in [1.54, 1.807) is 29.4 Å². The van der Waals surface area contributed by atoms with Crippen molar-refractivity contribution in [3.8, 4) is 5.75 Å². The summed E-state index contributed by atoms with van der Waals surface area (Å²) in [6.07, 6.45) is 0. The number of morpholine rings is 1. The predicted molar refractivity (Wildman–Crippen MR) is 122 cm³/mol. The number of anilines is 1. The van der Waals surface area contributed by atoms with E-state index in [1.807, 2.05) is 13.0 Å². The quantitative estimate of drug-likeness (QED) is 0.570. The van der Waals surface area contributed by atoms with Gasteiger partial charge in [0, 0.05) is 33.2 Å². The van der Waals surface area contributed by atoms with Crippen LogP contribution in [-0.4, -0.2) is 54.2 Å². The summed E-state index contributed by atoms with van der Waals surface area (Å²) < 4.78 is 12.0. The van der Waals surface area contributed by atoms with Gasteiger partial charge >= 0.3 is 0 Å². The first-order chi connectivity index (χ1) is 14.5. The van der Waals surface area contributed by atoms with Crippen LogP contribution in [0.4, 0.5) is 5.82 Å². The minimum atomic E-state index is -0.0698. The molecule has 3 heterocycles. The van der Waals surface area contributed by atoms with Gasteiger partial charge in [0.15, 0.2) is 0 Å². The van der Waals surface area contributed by atoms with Crippen molar-refractivity contribution in [3.63, 3.8) is 0 Å². The Morgan fingerprint density at radius 1 is 1.30 bits per heavy atom. The van der Waals surface area contributed by atoms with Crippen LogP contribution in [-0.2, 0) is 4.74 Å². The van der Waals surface area contributed by atoms with E-state index >= 15 is 0 Å². The molecule has 7 nitrogen and oxygen atoms in total. The number of aryl methyl sites for hydroxylation is 1. The maximum absolute atomic E-state index is 13.1. The number of ether oxygens (including phenoxy) is 2. The second kappa shape index (κ2) is 8.87. The second-order valence-corrected chi connectivity index (χ2v) is 8.99. The minimum absolute atomic E-state index is 0.0689. The molecule has 0 spiro atoms. The van der Waals surface area contributed by atoms with E-state index in [-0.39, 0.29) is 11.9 Å². The van der Waals surface area contributed by atoms with Crippen molar-refractivity contribution < 1.29 is 14.3 Å². The Kier molecular flexibility index (Phi) is 6.21. The zero-order valence-corrected chi connectivity index (χ0v) is 19.5. The number of methoxy groups -OCH3 is 1. The molecule has 0 aliphatic carbocycles. The van der Waals surface area contributed by atoms with Crippen LogP contribution in [0.5, 0.6) is 5.75 Å². The number of nitrogens with zero attached hydrogens (tertiary/aromatic N) is 3. The average Bonchev–Trinajstić information content (AvgIpc) is 3.19.